The van der Waals surface area contributed by atoms with E-state index in [9.17, 15) is 0 Å². The second kappa shape index (κ2) is 8.58. The average Bonchev–Trinajstić information content (AvgIpc) is 3.10. The average molecular weight is 368 g/mol. The quantitative estimate of drug-likeness (QED) is 0.562. The zero-order valence-electron chi connectivity index (χ0n) is 14.8. The fourth-order valence-corrected chi connectivity index (χ4v) is 3.41. The van der Waals surface area contributed by atoms with Crippen molar-refractivity contribution in [3.05, 3.63) is 72.7 Å². The fraction of sp³-hybridized carbons (Fsp3) is 0.250. The maximum absolute atomic E-state index is 5.74. The van der Waals surface area contributed by atoms with Crippen LogP contribution in [0.4, 0.5) is 5.69 Å². The van der Waals surface area contributed by atoms with Crippen LogP contribution in [0.15, 0.2) is 67.2 Å². The molecule has 4 N–H and O–H groups in total. The molecule has 0 bridgehead atoms. The summed E-state index contributed by atoms with van der Waals surface area (Å²) in [6.07, 6.45) is 9.29. The smallest absolute Gasteiger partial charge is 0.173 e. The first-order valence-electron chi connectivity index (χ1n) is 8.76. The predicted octanol–water partition coefficient (Wildman–Crippen LogP) is 2.49. The van der Waals surface area contributed by atoms with Crippen molar-refractivity contribution in [2.24, 2.45) is 5.73 Å². The third kappa shape index (κ3) is 4.08. The van der Waals surface area contributed by atoms with Crippen molar-refractivity contribution >= 4 is 28.6 Å². The van der Waals surface area contributed by atoms with Crippen LogP contribution in [0.3, 0.4) is 0 Å². The molecule has 136 valence electrons. The number of benzene rings is 1. The minimum atomic E-state index is 0.765. The van der Waals surface area contributed by atoms with Crippen molar-refractivity contribution in [2.45, 2.75) is 0 Å². The second-order valence-corrected chi connectivity index (χ2v) is 6.57. The Balaban J connectivity index is 1.54. The number of hydrogen-bond donors (Lipinski definition) is 3. The molecule has 2 heterocycles. The molecule has 2 aliphatic rings. The van der Waals surface area contributed by atoms with Crippen LogP contribution >= 0.6 is 12.2 Å². The first-order valence-corrected chi connectivity index (χ1v) is 9.17. The molecule has 26 heavy (non-hydrogen) atoms. The van der Waals surface area contributed by atoms with E-state index in [0.717, 1.165) is 43.5 Å². The second-order valence-electron chi connectivity index (χ2n) is 6.18. The van der Waals surface area contributed by atoms with Gasteiger partial charge >= 0.3 is 0 Å². The highest BCUT2D eigenvalue weighted by molar-refractivity contribution is 7.80. The molecular formula is C20H25N5S. The van der Waals surface area contributed by atoms with Crippen molar-refractivity contribution in [1.29, 1.82) is 0 Å². The van der Waals surface area contributed by atoms with Gasteiger partial charge in [-0.2, -0.15) is 0 Å². The Hall–Kier alpha value is -2.73. The fourth-order valence-electron chi connectivity index (χ4n) is 3.17. The van der Waals surface area contributed by atoms with Crippen molar-refractivity contribution < 1.29 is 0 Å². The molecule has 0 radical (unpaired) electrons. The van der Waals surface area contributed by atoms with Crippen LogP contribution in [-0.2, 0) is 0 Å². The van der Waals surface area contributed by atoms with Gasteiger partial charge in [0.25, 0.3) is 0 Å². The van der Waals surface area contributed by atoms with Crippen molar-refractivity contribution in [3.63, 3.8) is 0 Å². The molecule has 5 nitrogen and oxygen atoms in total. The van der Waals surface area contributed by atoms with Crippen LogP contribution < -0.4 is 16.4 Å². The van der Waals surface area contributed by atoms with Gasteiger partial charge in [-0.05, 0) is 29.9 Å². The molecule has 2 aliphatic heterocycles. The molecule has 0 aromatic heterocycles. The van der Waals surface area contributed by atoms with E-state index in [0.29, 0.717) is 0 Å². The molecular weight excluding hydrogens is 342 g/mol. The zero-order valence-corrected chi connectivity index (χ0v) is 15.6. The van der Waals surface area contributed by atoms with Crippen molar-refractivity contribution in [3.8, 4) is 0 Å². The Morgan fingerprint density at radius 2 is 1.92 bits per heavy atom. The van der Waals surface area contributed by atoms with Crippen LogP contribution in [0.5, 0.6) is 0 Å². The lowest BCUT2D eigenvalue weighted by atomic mass is 10.1. The Kier molecular flexibility index (Phi) is 5.96. The Morgan fingerprint density at radius 1 is 1.19 bits per heavy atom. The zero-order chi connectivity index (χ0) is 18.4. The highest BCUT2D eigenvalue weighted by atomic mass is 32.1. The number of thiocarbonyl (C=S) groups is 1. The summed E-state index contributed by atoms with van der Waals surface area (Å²) in [5.41, 5.74) is 10.4. The molecule has 0 saturated carbocycles. The summed E-state index contributed by atoms with van der Waals surface area (Å²) in [6.45, 7) is 8.01. The van der Waals surface area contributed by atoms with Gasteiger partial charge in [0.05, 0.1) is 5.70 Å². The number of nitrogens with two attached hydrogens (primary N) is 1. The van der Waals surface area contributed by atoms with Gasteiger partial charge in [-0.1, -0.05) is 36.9 Å². The number of para-hydroxylation sites is 1. The number of allylic oxidation sites excluding steroid dienone is 3. The van der Waals surface area contributed by atoms with E-state index in [-0.39, 0.29) is 0 Å². The minimum Gasteiger partial charge on any atom is -0.403 e. The predicted molar refractivity (Wildman–Crippen MR) is 113 cm³/mol. The standard InChI is InChI=1S/C20H25N5S/c1-2-3-6-17(13-21)24-9-11-25(12-10-24)20(26)23-15-16-14-22-19-8-5-4-7-18(16)19/h2-8,13,15,22H,1,9-12,14,21H2,(H,23,26)/b6-3-,16-15-,17-13+. The molecule has 0 atom stereocenters. The number of anilines is 1. The molecule has 0 spiro atoms. The summed E-state index contributed by atoms with van der Waals surface area (Å²) in [5, 5.41) is 7.45. The third-order valence-electron chi connectivity index (χ3n) is 4.62. The Morgan fingerprint density at radius 3 is 2.65 bits per heavy atom. The summed E-state index contributed by atoms with van der Waals surface area (Å²) >= 11 is 5.57. The molecule has 1 fully saturated rings. The lowest BCUT2D eigenvalue weighted by Crippen LogP contribution is -2.50. The first kappa shape index (κ1) is 18.1. The van der Waals surface area contributed by atoms with Gasteiger partial charge in [0, 0.05) is 56.4 Å². The molecule has 1 saturated heterocycles. The van der Waals surface area contributed by atoms with Crippen LogP contribution in [0.25, 0.3) is 5.57 Å². The van der Waals surface area contributed by atoms with E-state index >= 15 is 0 Å². The molecule has 1 aromatic rings. The maximum atomic E-state index is 5.74. The molecule has 0 amide bonds. The largest absolute Gasteiger partial charge is 0.403 e. The summed E-state index contributed by atoms with van der Waals surface area (Å²) in [4.78, 5) is 4.46. The summed E-state index contributed by atoms with van der Waals surface area (Å²) in [6, 6.07) is 8.32. The lowest BCUT2D eigenvalue weighted by molar-refractivity contribution is 0.226. The van der Waals surface area contributed by atoms with Crippen LogP contribution in [-0.4, -0.2) is 47.6 Å². The van der Waals surface area contributed by atoms with Gasteiger partial charge in [-0.15, -0.1) is 0 Å². The van der Waals surface area contributed by atoms with Gasteiger partial charge in [-0.25, -0.2) is 0 Å². The van der Waals surface area contributed by atoms with Crippen LogP contribution in [0, 0.1) is 0 Å². The monoisotopic (exact) mass is 367 g/mol. The number of nitrogens with zero attached hydrogens (tertiary/aromatic N) is 2. The number of piperazine rings is 1. The SMILES string of the molecule is C=C/C=C\C(=C/N)N1CCN(C(=S)N/C=C2/CNc3ccccc32)CC1. The number of hydrogen-bond acceptors (Lipinski definition) is 4. The highest BCUT2D eigenvalue weighted by Crippen LogP contribution is 2.29. The van der Waals surface area contributed by atoms with Gasteiger partial charge in [-0.3, -0.25) is 0 Å². The third-order valence-corrected chi connectivity index (χ3v) is 4.99. The van der Waals surface area contributed by atoms with Crippen molar-refractivity contribution in [1.82, 2.24) is 15.1 Å². The van der Waals surface area contributed by atoms with E-state index in [1.54, 1.807) is 12.3 Å². The van der Waals surface area contributed by atoms with Crippen molar-refractivity contribution in [2.75, 3.05) is 38.0 Å². The topological polar surface area (TPSA) is 56.6 Å². The Bertz CT molecular complexity index is 757. The van der Waals surface area contributed by atoms with Crippen LogP contribution in [0.2, 0.25) is 0 Å². The van der Waals surface area contributed by atoms with E-state index in [1.165, 1.54) is 16.8 Å². The number of rotatable bonds is 4. The molecule has 3 rings (SSSR count). The highest BCUT2D eigenvalue weighted by Gasteiger charge is 2.20. The minimum absolute atomic E-state index is 0.765. The maximum Gasteiger partial charge on any atom is 0.173 e. The van der Waals surface area contributed by atoms with Crippen LogP contribution in [0.1, 0.15) is 5.56 Å². The lowest BCUT2D eigenvalue weighted by Gasteiger charge is -2.37. The Labute approximate surface area is 160 Å². The first-order chi connectivity index (χ1) is 12.7. The summed E-state index contributed by atoms with van der Waals surface area (Å²) in [7, 11) is 0. The normalized spacial score (nSPS) is 18.8. The van der Waals surface area contributed by atoms with E-state index in [1.807, 2.05) is 24.4 Å². The van der Waals surface area contributed by atoms with Gasteiger partial charge in [0.15, 0.2) is 5.11 Å². The number of nitrogens with one attached hydrogen (secondary N) is 2. The molecule has 6 heteroatoms. The van der Waals surface area contributed by atoms with Gasteiger partial charge < -0.3 is 26.2 Å². The van der Waals surface area contributed by atoms with E-state index < -0.39 is 0 Å². The van der Waals surface area contributed by atoms with Gasteiger partial charge in [0.1, 0.15) is 0 Å². The van der Waals surface area contributed by atoms with E-state index in [4.69, 9.17) is 18.0 Å². The molecule has 0 unspecified atom stereocenters. The molecule has 0 aliphatic carbocycles. The van der Waals surface area contributed by atoms with E-state index in [2.05, 4.69) is 45.2 Å². The number of fused-ring (bicyclic) bond motifs is 1. The summed E-state index contributed by atoms with van der Waals surface area (Å²) in [5.74, 6) is 0. The molecule has 1 aromatic carbocycles. The van der Waals surface area contributed by atoms with Gasteiger partial charge in [0.2, 0.25) is 0 Å². The summed E-state index contributed by atoms with van der Waals surface area (Å²) < 4.78 is 0.